The van der Waals surface area contributed by atoms with Gasteiger partial charge in [0, 0.05) is 4.88 Å². The first kappa shape index (κ1) is 12.6. The standard InChI is InChI=1S/C13H19NO2S/c1-4-6-10-14-9(2)11(17-10)13(7-5-8-13)12(15)16-3/h4-8H2,1-3H3. The zero-order valence-electron chi connectivity index (χ0n) is 10.7. The minimum Gasteiger partial charge on any atom is -0.468 e. The normalized spacial score (nSPS) is 17.6. The third kappa shape index (κ3) is 1.99. The summed E-state index contributed by atoms with van der Waals surface area (Å²) >= 11 is 1.70. The first-order valence-corrected chi connectivity index (χ1v) is 7.01. The summed E-state index contributed by atoms with van der Waals surface area (Å²) in [5.74, 6) is -0.0847. The molecular formula is C13H19NO2S. The molecule has 4 heteroatoms. The van der Waals surface area contributed by atoms with E-state index in [-0.39, 0.29) is 11.4 Å². The fraction of sp³-hybridized carbons (Fsp3) is 0.692. The predicted octanol–water partition coefficient (Wildman–Crippen LogP) is 3.00. The predicted molar refractivity (Wildman–Crippen MR) is 68.4 cm³/mol. The average molecular weight is 253 g/mol. The highest BCUT2D eigenvalue weighted by Gasteiger charge is 2.49. The van der Waals surface area contributed by atoms with Gasteiger partial charge in [-0.2, -0.15) is 0 Å². The van der Waals surface area contributed by atoms with Gasteiger partial charge in [0.1, 0.15) is 5.41 Å². The Hall–Kier alpha value is -0.900. The highest BCUT2D eigenvalue weighted by Crippen LogP contribution is 2.48. The maximum Gasteiger partial charge on any atom is 0.317 e. The molecule has 1 aliphatic carbocycles. The van der Waals surface area contributed by atoms with Crippen LogP contribution in [-0.4, -0.2) is 18.1 Å². The molecule has 1 fully saturated rings. The van der Waals surface area contributed by atoms with Crippen LogP contribution in [0.25, 0.3) is 0 Å². The number of rotatable bonds is 4. The van der Waals surface area contributed by atoms with Crippen LogP contribution in [0.5, 0.6) is 0 Å². The number of nitrogens with zero attached hydrogens (tertiary/aromatic N) is 1. The minimum absolute atomic E-state index is 0.0847. The number of carbonyl (C=O) groups excluding carboxylic acids is 1. The first-order valence-electron chi connectivity index (χ1n) is 6.19. The third-order valence-electron chi connectivity index (χ3n) is 3.52. The second-order valence-corrected chi connectivity index (χ2v) is 5.78. The van der Waals surface area contributed by atoms with E-state index in [1.165, 1.54) is 7.11 Å². The van der Waals surface area contributed by atoms with E-state index in [2.05, 4.69) is 11.9 Å². The molecule has 0 aromatic carbocycles. The average Bonchev–Trinajstić information content (AvgIpc) is 2.59. The van der Waals surface area contributed by atoms with Crippen LogP contribution in [-0.2, 0) is 21.4 Å². The van der Waals surface area contributed by atoms with E-state index in [1.54, 1.807) is 11.3 Å². The second-order valence-electron chi connectivity index (χ2n) is 4.70. The molecule has 1 aliphatic rings. The van der Waals surface area contributed by atoms with Crippen LogP contribution in [0.1, 0.15) is 48.2 Å². The lowest BCUT2D eigenvalue weighted by Gasteiger charge is -2.38. The van der Waals surface area contributed by atoms with Crippen LogP contribution < -0.4 is 0 Å². The smallest absolute Gasteiger partial charge is 0.317 e. The molecule has 1 aromatic rings. The zero-order chi connectivity index (χ0) is 12.5. The van der Waals surface area contributed by atoms with Gasteiger partial charge in [-0.1, -0.05) is 13.3 Å². The highest BCUT2D eigenvalue weighted by atomic mass is 32.1. The van der Waals surface area contributed by atoms with E-state index in [0.29, 0.717) is 0 Å². The number of hydrogen-bond acceptors (Lipinski definition) is 4. The van der Waals surface area contributed by atoms with Crippen LogP contribution in [0, 0.1) is 6.92 Å². The Labute approximate surface area is 106 Å². The van der Waals surface area contributed by atoms with Crippen LogP contribution >= 0.6 is 11.3 Å². The van der Waals surface area contributed by atoms with Crippen molar-refractivity contribution in [3.8, 4) is 0 Å². The molecule has 0 aliphatic heterocycles. The summed E-state index contributed by atoms with van der Waals surface area (Å²) in [7, 11) is 1.48. The van der Waals surface area contributed by atoms with Gasteiger partial charge < -0.3 is 4.74 Å². The molecule has 0 spiro atoms. The molecule has 0 radical (unpaired) electrons. The third-order valence-corrected chi connectivity index (χ3v) is 4.94. The monoisotopic (exact) mass is 253 g/mol. The van der Waals surface area contributed by atoms with Crippen molar-refractivity contribution >= 4 is 17.3 Å². The summed E-state index contributed by atoms with van der Waals surface area (Å²) in [5, 5.41) is 1.15. The summed E-state index contributed by atoms with van der Waals surface area (Å²) in [5.41, 5.74) is 0.645. The van der Waals surface area contributed by atoms with Crippen molar-refractivity contribution in [1.82, 2.24) is 4.98 Å². The Morgan fingerprint density at radius 2 is 2.24 bits per heavy atom. The van der Waals surface area contributed by atoms with Crippen molar-refractivity contribution in [1.29, 1.82) is 0 Å². The number of esters is 1. The lowest BCUT2D eigenvalue weighted by atomic mass is 9.67. The van der Waals surface area contributed by atoms with Crippen LogP contribution in [0.3, 0.4) is 0 Å². The van der Waals surface area contributed by atoms with Crippen LogP contribution in [0.4, 0.5) is 0 Å². The fourth-order valence-electron chi connectivity index (χ4n) is 2.47. The molecule has 0 bridgehead atoms. The van der Waals surface area contributed by atoms with Gasteiger partial charge in [-0.05, 0) is 32.6 Å². The molecule has 94 valence electrons. The summed E-state index contributed by atoms with van der Waals surface area (Å²) in [6.07, 6.45) is 5.03. The van der Waals surface area contributed by atoms with Gasteiger partial charge in [0.05, 0.1) is 17.8 Å². The minimum atomic E-state index is -0.373. The molecule has 3 nitrogen and oxygen atoms in total. The van der Waals surface area contributed by atoms with Crippen molar-refractivity contribution in [2.45, 2.75) is 51.4 Å². The van der Waals surface area contributed by atoms with Crippen molar-refractivity contribution in [2.75, 3.05) is 7.11 Å². The summed E-state index contributed by atoms with van der Waals surface area (Å²) in [4.78, 5) is 17.7. The van der Waals surface area contributed by atoms with Gasteiger partial charge in [0.25, 0.3) is 0 Å². The van der Waals surface area contributed by atoms with Crippen molar-refractivity contribution < 1.29 is 9.53 Å². The van der Waals surface area contributed by atoms with E-state index < -0.39 is 0 Å². The van der Waals surface area contributed by atoms with E-state index >= 15 is 0 Å². The number of thiazole rings is 1. The Balaban J connectivity index is 2.34. The highest BCUT2D eigenvalue weighted by molar-refractivity contribution is 7.12. The van der Waals surface area contributed by atoms with Gasteiger partial charge in [-0.15, -0.1) is 11.3 Å². The van der Waals surface area contributed by atoms with E-state index in [0.717, 1.165) is 47.7 Å². The lowest BCUT2D eigenvalue weighted by molar-refractivity contribution is -0.151. The Morgan fingerprint density at radius 3 is 2.71 bits per heavy atom. The Morgan fingerprint density at radius 1 is 1.53 bits per heavy atom. The molecule has 0 atom stereocenters. The molecule has 1 heterocycles. The molecule has 0 N–H and O–H groups in total. The number of aryl methyl sites for hydroxylation is 2. The zero-order valence-corrected chi connectivity index (χ0v) is 11.5. The van der Waals surface area contributed by atoms with Gasteiger partial charge >= 0.3 is 5.97 Å². The Bertz CT molecular complexity index is 421. The Kier molecular flexibility index (Phi) is 3.52. The molecular weight excluding hydrogens is 234 g/mol. The largest absolute Gasteiger partial charge is 0.468 e. The number of ether oxygens (including phenoxy) is 1. The summed E-state index contributed by atoms with van der Waals surface area (Å²) in [6.45, 7) is 4.16. The SMILES string of the molecule is CCCc1nc(C)c(C2(C(=O)OC)CCC2)s1. The van der Waals surface area contributed by atoms with Gasteiger partial charge in [0.2, 0.25) is 0 Å². The maximum absolute atomic E-state index is 12.0. The topological polar surface area (TPSA) is 39.2 Å². The molecule has 0 amide bonds. The molecule has 17 heavy (non-hydrogen) atoms. The van der Waals surface area contributed by atoms with Crippen molar-refractivity contribution in [3.05, 3.63) is 15.6 Å². The second kappa shape index (κ2) is 4.77. The number of hydrogen-bond donors (Lipinski definition) is 0. The lowest BCUT2D eigenvalue weighted by Crippen LogP contribution is -2.43. The summed E-state index contributed by atoms with van der Waals surface area (Å²) < 4.78 is 4.98. The van der Waals surface area contributed by atoms with Crippen LogP contribution in [0.2, 0.25) is 0 Å². The molecule has 1 saturated carbocycles. The summed E-state index contributed by atoms with van der Waals surface area (Å²) in [6, 6.07) is 0. The van der Waals surface area contributed by atoms with E-state index in [9.17, 15) is 4.79 Å². The molecule has 2 rings (SSSR count). The first-order chi connectivity index (χ1) is 8.14. The van der Waals surface area contributed by atoms with Gasteiger partial charge in [-0.3, -0.25) is 4.79 Å². The molecule has 0 unspecified atom stereocenters. The number of carbonyl (C=O) groups is 1. The molecule has 1 aromatic heterocycles. The fourth-order valence-corrected chi connectivity index (χ4v) is 3.87. The maximum atomic E-state index is 12.0. The van der Waals surface area contributed by atoms with Crippen molar-refractivity contribution in [3.63, 3.8) is 0 Å². The number of methoxy groups -OCH3 is 1. The molecule has 0 saturated heterocycles. The van der Waals surface area contributed by atoms with Crippen LogP contribution in [0.15, 0.2) is 0 Å². The van der Waals surface area contributed by atoms with Crippen molar-refractivity contribution in [2.24, 2.45) is 0 Å². The van der Waals surface area contributed by atoms with Gasteiger partial charge in [-0.25, -0.2) is 4.98 Å². The number of aromatic nitrogens is 1. The van der Waals surface area contributed by atoms with Gasteiger partial charge in [0.15, 0.2) is 0 Å². The van der Waals surface area contributed by atoms with E-state index in [1.807, 2.05) is 6.92 Å². The van der Waals surface area contributed by atoms with E-state index in [4.69, 9.17) is 4.74 Å². The quantitative estimate of drug-likeness (QED) is 0.774.